The standard InChI is InChI=1S/C17H21N3O/c1-17(18,11-6-7-11)16(21)20-9-8-15-13(10-20)12-4-2-3-5-14(12)19-15/h2-5,11,19H,6-10,18H2,1H3. The number of rotatable bonds is 2. The average Bonchev–Trinajstić information content (AvgIpc) is 3.28. The second kappa shape index (κ2) is 4.34. The molecule has 110 valence electrons. The van der Waals surface area contributed by atoms with Crippen molar-refractivity contribution in [3.63, 3.8) is 0 Å². The fraction of sp³-hybridized carbons (Fsp3) is 0.471. The van der Waals surface area contributed by atoms with Gasteiger partial charge < -0.3 is 15.6 Å². The summed E-state index contributed by atoms with van der Waals surface area (Å²) in [6.45, 7) is 3.34. The van der Waals surface area contributed by atoms with Crippen LogP contribution in [-0.4, -0.2) is 27.9 Å². The third-order valence-corrected chi connectivity index (χ3v) is 5.06. The van der Waals surface area contributed by atoms with Crippen LogP contribution in [0.1, 0.15) is 31.0 Å². The number of hydrogen-bond acceptors (Lipinski definition) is 2. The van der Waals surface area contributed by atoms with Gasteiger partial charge in [0.2, 0.25) is 5.91 Å². The molecule has 2 heterocycles. The van der Waals surface area contributed by atoms with Crippen LogP contribution in [0.3, 0.4) is 0 Å². The highest BCUT2D eigenvalue weighted by Gasteiger charge is 2.46. The molecule has 21 heavy (non-hydrogen) atoms. The van der Waals surface area contributed by atoms with Crippen molar-refractivity contribution in [2.45, 2.75) is 38.3 Å². The second-order valence-corrected chi connectivity index (χ2v) is 6.66. The zero-order chi connectivity index (χ0) is 14.6. The third-order valence-electron chi connectivity index (χ3n) is 5.06. The van der Waals surface area contributed by atoms with E-state index in [0.717, 1.165) is 31.3 Å². The first kappa shape index (κ1) is 12.9. The summed E-state index contributed by atoms with van der Waals surface area (Å²) in [4.78, 5) is 18.2. The molecule has 2 aliphatic rings. The van der Waals surface area contributed by atoms with Gasteiger partial charge in [0.05, 0.1) is 5.54 Å². The topological polar surface area (TPSA) is 62.1 Å². The van der Waals surface area contributed by atoms with Crippen LogP contribution in [0.15, 0.2) is 24.3 Å². The number of aromatic amines is 1. The molecule has 1 aliphatic carbocycles. The first-order valence-corrected chi connectivity index (χ1v) is 7.74. The summed E-state index contributed by atoms with van der Waals surface area (Å²) < 4.78 is 0. The molecule has 0 spiro atoms. The number of carbonyl (C=O) groups excluding carboxylic acids is 1. The maximum Gasteiger partial charge on any atom is 0.242 e. The Bertz CT molecular complexity index is 712. The van der Waals surface area contributed by atoms with Crippen LogP contribution in [0.4, 0.5) is 0 Å². The lowest BCUT2D eigenvalue weighted by Gasteiger charge is -2.34. The van der Waals surface area contributed by atoms with E-state index in [-0.39, 0.29) is 5.91 Å². The van der Waals surface area contributed by atoms with Crippen LogP contribution in [0.25, 0.3) is 10.9 Å². The van der Waals surface area contributed by atoms with Crippen LogP contribution >= 0.6 is 0 Å². The number of hydrogen-bond donors (Lipinski definition) is 2. The Morgan fingerprint density at radius 1 is 1.38 bits per heavy atom. The summed E-state index contributed by atoms with van der Waals surface area (Å²) in [6, 6.07) is 8.31. The number of H-pyrrole nitrogens is 1. The second-order valence-electron chi connectivity index (χ2n) is 6.66. The summed E-state index contributed by atoms with van der Waals surface area (Å²) in [5, 5.41) is 1.23. The van der Waals surface area contributed by atoms with Gasteiger partial charge >= 0.3 is 0 Å². The summed E-state index contributed by atoms with van der Waals surface area (Å²) in [7, 11) is 0. The Balaban J connectivity index is 1.65. The van der Waals surface area contributed by atoms with E-state index in [1.165, 1.54) is 16.6 Å². The van der Waals surface area contributed by atoms with Crippen LogP contribution in [0.5, 0.6) is 0 Å². The van der Waals surface area contributed by atoms with Crippen molar-refractivity contribution in [3.8, 4) is 0 Å². The van der Waals surface area contributed by atoms with E-state index in [2.05, 4.69) is 23.2 Å². The van der Waals surface area contributed by atoms with E-state index in [1.54, 1.807) is 0 Å². The first-order valence-electron chi connectivity index (χ1n) is 7.74. The van der Waals surface area contributed by atoms with E-state index >= 15 is 0 Å². The third kappa shape index (κ3) is 1.97. The van der Waals surface area contributed by atoms with Gasteiger partial charge in [-0.25, -0.2) is 0 Å². The van der Waals surface area contributed by atoms with Crippen molar-refractivity contribution < 1.29 is 4.79 Å². The van der Waals surface area contributed by atoms with Crippen LogP contribution in [0.2, 0.25) is 0 Å². The fourth-order valence-corrected chi connectivity index (χ4v) is 3.54. The molecule has 1 fully saturated rings. The monoisotopic (exact) mass is 283 g/mol. The first-order chi connectivity index (χ1) is 10.1. The zero-order valence-corrected chi connectivity index (χ0v) is 12.4. The van der Waals surface area contributed by atoms with Crippen molar-refractivity contribution in [2.75, 3.05) is 6.54 Å². The lowest BCUT2D eigenvalue weighted by Crippen LogP contribution is -2.55. The molecule has 1 aromatic carbocycles. The predicted molar refractivity (Wildman–Crippen MR) is 82.7 cm³/mol. The number of fused-ring (bicyclic) bond motifs is 3. The highest BCUT2D eigenvalue weighted by molar-refractivity contribution is 5.89. The molecule has 0 saturated heterocycles. The summed E-state index contributed by atoms with van der Waals surface area (Å²) in [5.41, 5.74) is 9.31. The molecular weight excluding hydrogens is 262 g/mol. The van der Waals surface area contributed by atoms with E-state index < -0.39 is 5.54 Å². The van der Waals surface area contributed by atoms with Crippen molar-refractivity contribution in [1.82, 2.24) is 9.88 Å². The maximum atomic E-state index is 12.8. The average molecular weight is 283 g/mol. The Kier molecular flexibility index (Phi) is 2.67. The zero-order valence-electron chi connectivity index (χ0n) is 12.4. The molecule has 1 aliphatic heterocycles. The number of aromatic nitrogens is 1. The molecule has 1 unspecified atom stereocenters. The van der Waals surface area contributed by atoms with Gasteiger partial charge in [0.15, 0.2) is 0 Å². The molecule has 1 aromatic heterocycles. The normalized spacial score (nSPS) is 21.1. The fourth-order valence-electron chi connectivity index (χ4n) is 3.54. The lowest BCUT2D eigenvalue weighted by molar-refractivity contribution is -0.138. The molecule has 4 rings (SSSR count). The quantitative estimate of drug-likeness (QED) is 0.887. The largest absolute Gasteiger partial charge is 0.358 e. The highest BCUT2D eigenvalue weighted by Crippen LogP contribution is 2.39. The Morgan fingerprint density at radius 2 is 2.14 bits per heavy atom. The van der Waals surface area contributed by atoms with E-state index in [9.17, 15) is 4.79 Å². The van der Waals surface area contributed by atoms with Gasteiger partial charge in [-0.2, -0.15) is 0 Å². The molecule has 3 N–H and O–H groups in total. The summed E-state index contributed by atoms with van der Waals surface area (Å²) >= 11 is 0. The maximum absolute atomic E-state index is 12.8. The minimum atomic E-state index is -0.691. The van der Waals surface area contributed by atoms with Crippen molar-refractivity contribution in [2.24, 2.45) is 11.7 Å². The number of nitrogens with two attached hydrogens (primary N) is 1. The smallest absolute Gasteiger partial charge is 0.242 e. The van der Waals surface area contributed by atoms with E-state index in [0.29, 0.717) is 12.5 Å². The molecule has 4 nitrogen and oxygen atoms in total. The van der Waals surface area contributed by atoms with Crippen LogP contribution in [0, 0.1) is 5.92 Å². The number of para-hydroxylation sites is 1. The Labute approximate surface area is 124 Å². The van der Waals surface area contributed by atoms with Crippen molar-refractivity contribution >= 4 is 16.8 Å². The van der Waals surface area contributed by atoms with Gasteiger partial charge in [0, 0.05) is 41.7 Å². The van der Waals surface area contributed by atoms with Gasteiger partial charge in [-0.1, -0.05) is 18.2 Å². The van der Waals surface area contributed by atoms with Gasteiger partial charge in [0.1, 0.15) is 0 Å². The van der Waals surface area contributed by atoms with Crippen LogP contribution in [-0.2, 0) is 17.8 Å². The molecule has 0 bridgehead atoms. The molecule has 0 radical (unpaired) electrons. The lowest BCUT2D eigenvalue weighted by atomic mass is 9.93. The predicted octanol–water partition coefficient (Wildman–Crippen LogP) is 2.18. The number of carbonyl (C=O) groups is 1. The van der Waals surface area contributed by atoms with E-state index in [1.807, 2.05) is 17.9 Å². The van der Waals surface area contributed by atoms with E-state index in [4.69, 9.17) is 5.73 Å². The molecular formula is C17H21N3O. The van der Waals surface area contributed by atoms with Gasteiger partial charge in [-0.15, -0.1) is 0 Å². The molecule has 1 amide bonds. The van der Waals surface area contributed by atoms with Crippen LogP contribution < -0.4 is 5.73 Å². The van der Waals surface area contributed by atoms with Gasteiger partial charge in [-0.3, -0.25) is 4.79 Å². The number of benzene rings is 1. The minimum absolute atomic E-state index is 0.112. The summed E-state index contributed by atoms with van der Waals surface area (Å²) in [5.74, 6) is 0.482. The minimum Gasteiger partial charge on any atom is -0.358 e. The number of amides is 1. The van der Waals surface area contributed by atoms with Crippen molar-refractivity contribution in [3.05, 3.63) is 35.5 Å². The van der Waals surface area contributed by atoms with Gasteiger partial charge in [-0.05, 0) is 31.7 Å². The highest BCUT2D eigenvalue weighted by atomic mass is 16.2. The molecule has 1 saturated carbocycles. The Hall–Kier alpha value is -1.81. The molecule has 2 aromatic rings. The van der Waals surface area contributed by atoms with Crippen molar-refractivity contribution in [1.29, 1.82) is 0 Å². The van der Waals surface area contributed by atoms with Gasteiger partial charge in [0.25, 0.3) is 0 Å². The Morgan fingerprint density at radius 3 is 2.90 bits per heavy atom. The SMILES string of the molecule is CC(N)(C(=O)N1CCc2[nH]c3ccccc3c2C1)C1CC1. The summed E-state index contributed by atoms with van der Waals surface area (Å²) in [6.07, 6.45) is 3.06. The number of nitrogens with one attached hydrogen (secondary N) is 1. The molecule has 1 atom stereocenters. The number of nitrogens with zero attached hydrogens (tertiary/aromatic N) is 1. The molecule has 4 heteroatoms.